The summed E-state index contributed by atoms with van der Waals surface area (Å²) in [4.78, 5) is 0. The molecule has 0 saturated heterocycles. The van der Waals surface area contributed by atoms with E-state index in [2.05, 4.69) is 17.0 Å². The molecule has 0 heterocycles. The Morgan fingerprint density at radius 3 is 1.85 bits per heavy atom. The van der Waals surface area contributed by atoms with E-state index in [0.29, 0.717) is 4.31 Å². The zero-order chi connectivity index (χ0) is 10.9. The smallest absolute Gasteiger partial charge is 0.251 e. The van der Waals surface area contributed by atoms with E-state index in [-0.39, 0.29) is 5.17 Å². The van der Waals surface area contributed by atoms with Gasteiger partial charge in [0.05, 0.1) is 12.5 Å². The van der Waals surface area contributed by atoms with Crippen molar-refractivity contribution in [3.63, 3.8) is 0 Å². The largest absolute Gasteiger partial charge is 0.252 e. The molecule has 78 valence electrons. The Morgan fingerprint density at radius 1 is 1.23 bits per heavy atom. The first-order valence-corrected chi connectivity index (χ1v) is 7.11. The summed E-state index contributed by atoms with van der Waals surface area (Å²) in [6.07, 6.45) is 1.76. The van der Waals surface area contributed by atoms with Crippen molar-refractivity contribution in [1.82, 2.24) is 4.31 Å². The Balaban J connectivity index is 5.06. The Morgan fingerprint density at radius 2 is 1.62 bits per heavy atom. The molecular formula is C4H10N2O4S3. The highest BCUT2D eigenvalue weighted by Gasteiger charge is 2.14. The third-order valence-electron chi connectivity index (χ3n) is 1.03. The molecule has 0 aromatic rings. The molecule has 0 spiro atoms. The van der Waals surface area contributed by atoms with Crippen LogP contribution in [0.4, 0.5) is 0 Å². The van der Waals surface area contributed by atoms with Crippen molar-refractivity contribution >= 4 is 37.8 Å². The van der Waals surface area contributed by atoms with Crippen molar-refractivity contribution in [2.75, 3.05) is 19.6 Å². The highest BCUT2D eigenvalue weighted by atomic mass is 32.2. The minimum absolute atomic E-state index is 0.384. The first-order chi connectivity index (χ1) is 5.54. The lowest BCUT2D eigenvalue weighted by atomic mass is 11.2. The Bertz CT molecular complexity index is 407. The maximum absolute atomic E-state index is 10.9. The van der Waals surface area contributed by atoms with E-state index in [0.717, 1.165) is 19.6 Å². The van der Waals surface area contributed by atoms with Gasteiger partial charge in [-0.3, -0.25) is 4.31 Å². The fourth-order valence-electron chi connectivity index (χ4n) is 0.354. The van der Waals surface area contributed by atoms with Crippen molar-refractivity contribution in [3.05, 3.63) is 0 Å². The van der Waals surface area contributed by atoms with Crippen LogP contribution < -0.4 is 0 Å². The number of rotatable bonds is 2. The van der Waals surface area contributed by atoms with Crippen LogP contribution in [0.1, 0.15) is 0 Å². The Hall–Kier alpha value is -0.280. The fraction of sp³-hybridized carbons (Fsp3) is 0.750. The molecule has 0 unspecified atom stereocenters. The molecule has 0 rings (SSSR count). The van der Waals surface area contributed by atoms with Crippen molar-refractivity contribution in [2.24, 2.45) is 4.40 Å². The Kier molecular flexibility index (Phi) is 3.76. The minimum Gasteiger partial charge on any atom is -0.251 e. The van der Waals surface area contributed by atoms with Gasteiger partial charge < -0.3 is 0 Å². The van der Waals surface area contributed by atoms with Crippen molar-refractivity contribution in [3.8, 4) is 0 Å². The van der Waals surface area contributed by atoms with E-state index in [1.807, 2.05) is 0 Å². The predicted molar refractivity (Wildman–Crippen MR) is 53.9 cm³/mol. The SMILES string of the molecule is CN(/C(S)=N/S(C)(=O)=O)S(C)(=O)=O. The molecule has 0 aromatic heterocycles. The molecule has 13 heavy (non-hydrogen) atoms. The molecule has 9 heteroatoms. The summed E-state index contributed by atoms with van der Waals surface area (Å²) in [5.74, 6) is 0. The molecule has 0 fully saturated rings. The zero-order valence-corrected chi connectivity index (χ0v) is 9.82. The number of hydrogen-bond donors (Lipinski definition) is 1. The van der Waals surface area contributed by atoms with Crippen LogP contribution in [0.15, 0.2) is 4.40 Å². The summed E-state index contributed by atoms with van der Waals surface area (Å²) in [6.45, 7) is 0. The number of thiol groups is 1. The van der Waals surface area contributed by atoms with Gasteiger partial charge >= 0.3 is 0 Å². The molecule has 0 bridgehead atoms. The molecule has 0 atom stereocenters. The van der Waals surface area contributed by atoms with Gasteiger partial charge in [-0.05, 0) is 0 Å². The van der Waals surface area contributed by atoms with Gasteiger partial charge in [0.1, 0.15) is 0 Å². The highest BCUT2D eigenvalue weighted by molar-refractivity contribution is 8.01. The van der Waals surface area contributed by atoms with Crippen LogP contribution in [-0.2, 0) is 20.0 Å². The number of hydrogen-bond acceptors (Lipinski definition) is 4. The van der Waals surface area contributed by atoms with Gasteiger partial charge in [0.25, 0.3) is 10.0 Å². The third kappa shape index (κ3) is 5.11. The second kappa shape index (κ2) is 3.84. The average molecular weight is 246 g/mol. The van der Waals surface area contributed by atoms with E-state index in [1.54, 1.807) is 0 Å². The second-order valence-corrected chi connectivity index (χ2v) is 6.42. The lowest BCUT2D eigenvalue weighted by molar-refractivity contribution is 0.561. The standard InChI is InChI=1S/C4H10N2O4S3/c1-6(13(3,9)10)4(11)5-12(2,7)8/h1-3H3,(H,5,11). The molecule has 0 aromatic carbocycles. The van der Waals surface area contributed by atoms with Crippen molar-refractivity contribution in [1.29, 1.82) is 0 Å². The molecule has 0 N–H and O–H groups in total. The van der Waals surface area contributed by atoms with Crippen molar-refractivity contribution in [2.45, 2.75) is 0 Å². The molecule has 0 aliphatic carbocycles. The zero-order valence-electron chi connectivity index (χ0n) is 7.29. The molecule has 0 aliphatic rings. The van der Waals surface area contributed by atoms with Crippen LogP contribution in [0, 0.1) is 0 Å². The minimum atomic E-state index is -3.62. The van der Waals surface area contributed by atoms with E-state index < -0.39 is 20.0 Å². The van der Waals surface area contributed by atoms with Crippen LogP contribution in [0.25, 0.3) is 0 Å². The average Bonchev–Trinajstić information content (AvgIpc) is 1.79. The van der Waals surface area contributed by atoms with Crippen LogP contribution in [0.3, 0.4) is 0 Å². The summed E-state index contributed by atoms with van der Waals surface area (Å²) in [5.41, 5.74) is 0. The fourth-order valence-corrected chi connectivity index (χ4v) is 2.05. The summed E-state index contributed by atoms with van der Waals surface area (Å²) >= 11 is 3.63. The van der Waals surface area contributed by atoms with Gasteiger partial charge in [0.2, 0.25) is 10.0 Å². The monoisotopic (exact) mass is 246 g/mol. The van der Waals surface area contributed by atoms with E-state index in [1.165, 1.54) is 0 Å². The maximum atomic E-state index is 10.9. The van der Waals surface area contributed by atoms with Gasteiger partial charge in [-0.25, -0.2) is 16.8 Å². The van der Waals surface area contributed by atoms with Crippen LogP contribution in [0.5, 0.6) is 0 Å². The number of amidine groups is 1. The lowest BCUT2D eigenvalue weighted by Gasteiger charge is -2.13. The summed E-state index contributed by atoms with van der Waals surface area (Å²) in [5, 5.41) is -0.384. The van der Waals surface area contributed by atoms with E-state index in [4.69, 9.17) is 0 Å². The second-order valence-electron chi connectivity index (χ2n) is 2.35. The van der Waals surface area contributed by atoms with Crippen LogP contribution in [0.2, 0.25) is 0 Å². The summed E-state index contributed by atoms with van der Waals surface area (Å²) in [7, 11) is -5.98. The van der Waals surface area contributed by atoms with Gasteiger partial charge in [-0.2, -0.15) is 0 Å². The van der Waals surface area contributed by atoms with Gasteiger partial charge in [-0.1, -0.05) is 0 Å². The third-order valence-corrected chi connectivity index (χ3v) is 3.37. The van der Waals surface area contributed by atoms with Gasteiger partial charge in [0, 0.05) is 7.05 Å². The predicted octanol–water partition coefficient (Wildman–Crippen LogP) is -0.877. The van der Waals surface area contributed by atoms with Gasteiger partial charge in [-0.15, -0.1) is 17.0 Å². The van der Waals surface area contributed by atoms with E-state index in [9.17, 15) is 16.8 Å². The number of sulfonamides is 2. The lowest BCUT2D eigenvalue weighted by Crippen LogP contribution is -2.29. The van der Waals surface area contributed by atoms with Gasteiger partial charge in [0.15, 0.2) is 5.17 Å². The first kappa shape index (κ1) is 12.7. The molecule has 0 saturated carbocycles. The summed E-state index contributed by atoms with van der Waals surface area (Å²) in [6, 6.07) is 0. The number of nitrogens with zero attached hydrogens (tertiary/aromatic N) is 2. The molecule has 0 radical (unpaired) electrons. The normalized spacial score (nSPS) is 14.3. The Labute approximate surface area is 83.2 Å². The molecule has 0 aliphatic heterocycles. The maximum Gasteiger partial charge on any atom is 0.252 e. The topological polar surface area (TPSA) is 83.9 Å². The van der Waals surface area contributed by atoms with Crippen LogP contribution >= 0.6 is 12.6 Å². The van der Waals surface area contributed by atoms with E-state index >= 15 is 0 Å². The first-order valence-electron chi connectivity index (χ1n) is 2.97. The highest BCUT2D eigenvalue weighted by Crippen LogP contribution is 2.01. The summed E-state index contributed by atoms with van der Waals surface area (Å²) < 4.78 is 46.7. The quantitative estimate of drug-likeness (QED) is 0.390. The van der Waals surface area contributed by atoms with Crippen LogP contribution in [-0.4, -0.2) is 45.9 Å². The molecule has 0 amide bonds. The molecule has 6 nitrogen and oxygen atoms in total. The van der Waals surface area contributed by atoms with Crippen molar-refractivity contribution < 1.29 is 16.8 Å². The molecular weight excluding hydrogens is 236 g/mol.